The van der Waals surface area contributed by atoms with Crippen molar-refractivity contribution in [3.63, 3.8) is 0 Å². The number of hydrogen-bond acceptors (Lipinski definition) is 5. The normalized spacial score (nSPS) is 11.9. The number of aliphatic carboxylic acids is 1. The molecular weight excluding hydrogens is 496 g/mol. The standard InChI is InChI=1S/C30H28N4O5/c1-33-28(29(37)34(16-15-27(35)36)18-20-9-3-2-4-10-20)26(17-31-33)32-30(38)39-19-25-23-13-7-5-11-21(23)22-12-6-8-14-24(22)25/h2-14,17,25H,15-16,18-19H2,1H3,(H,32,38)(H,35,36). The first kappa shape index (κ1) is 25.7. The first-order chi connectivity index (χ1) is 18.9. The van der Waals surface area contributed by atoms with Gasteiger partial charge in [0, 0.05) is 26.1 Å². The van der Waals surface area contributed by atoms with Gasteiger partial charge >= 0.3 is 12.1 Å². The molecule has 198 valence electrons. The Morgan fingerprint density at radius 1 is 0.949 bits per heavy atom. The maximum atomic E-state index is 13.6. The number of nitrogens with one attached hydrogen (secondary N) is 1. The molecule has 1 heterocycles. The van der Waals surface area contributed by atoms with Crippen LogP contribution in [0, 0.1) is 0 Å². The van der Waals surface area contributed by atoms with E-state index >= 15 is 0 Å². The number of aromatic nitrogens is 2. The molecule has 5 rings (SSSR count). The Hall–Kier alpha value is -4.92. The van der Waals surface area contributed by atoms with E-state index in [0.717, 1.165) is 27.8 Å². The monoisotopic (exact) mass is 524 g/mol. The highest BCUT2D eigenvalue weighted by Crippen LogP contribution is 2.44. The largest absolute Gasteiger partial charge is 0.481 e. The summed E-state index contributed by atoms with van der Waals surface area (Å²) >= 11 is 0. The molecule has 2 N–H and O–H groups in total. The van der Waals surface area contributed by atoms with Crippen molar-refractivity contribution in [2.24, 2.45) is 7.05 Å². The lowest BCUT2D eigenvalue weighted by molar-refractivity contribution is -0.137. The van der Waals surface area contributed by atoms with Crippen molar-refractivity contribution < 1.29 is 24.2 Å². The van der Waals surface area contributed by atoms with Crippen LogP contribution in [0.4, 0.5) is 10.5 Å². The summed E-state index contributed by atoms with van der Waals surface area (Å²) in [6, 6.07) is 25.4. The highest BCUT2D eigenvalue weighted by molar-refractivity contribution is 6.01. The van der Waals surface area contributed by atoms with Crippen molar-refractivity contribution in [3.8, 4) is 11.1 Å². The predicted octanol–water partition coefficient (Wildman–Crippen LogP) is 4.90. The summed E-state index contributed by atoms with van der Waals surface area (Å²) in [5.74, 6) is -1.56. The topological polar surface area (TPSA) is 114 Å². The molecule has 9 nitrogen and oxygen atoms in total. The molecule has 1 aliphatic rings. The zero-order valence-electron chi connectivity index (χ0n) is 21.4. The minimum atomic E-state index is -1.01. The number of hydrogen-bond donors (Lipinski definition) is 2. The number of nitrogens with zero attached hydrogens (tertiary/aromatic N) is 3. The van der Waals surface area contributed by atoms with E-state index in [1.807, 2.05) is 66.7 Å². The third-order valence-electron chi connectivity index (χ3n) is 6.82. The van der Waals surface area contributed by atoms with Gasteiger partial charge in [0.25, 0.3) is 5.91 Å². The van der Waals surface area contributed by atoms with Crippen LogP contribution < -0.4 is 5.32 Å². The quantitative estimate of drug-likeness (QED) is 0.322. The minimum Gasteiger partial charge on any atom is -0.481 e. The number of aryl methyl sites for hydroxylation is 1. The fourth-order valence-corrected chi connectivity index (χ4v) is 4.96. The Kier molecular flexibility index (Phi) is 7.40. The van der Waals surface area contributed by atoms with Crippen molar-refractivity contribution in [3.05, 3.63) is 107 Å². The van der Waals surface area contributed by atoms with Gasteiger partial charge in [0.2, 0.25) is 0 Å². The van der Waals surface area contributed by atoms with Crippen molar-refractivity contribution in [1.29, 1.82) is 0 Å². The Morgan fingerprint density at radius 2 is 1.56 bits per heavy atom. The summed E-state index contributed by atoms with van der Waals surface area (Å²) in [5.41, 5.74) is 5.61. The number of rotatable bonds is 9. The molecule has 3 aromatic carbocycles. The molecule has 0 radical (unpaired) electrons. The summed E-state index contributed by atoms with van der Waals surface area (Å²) in [5, 5.41) is 16.0. The highest BCUT2D eigenvalue weighted by Gasteiger charge is 2.30. The Bertz CT molecular complexity index is 1470. The number of amides is 2. The van der Waals surface area contributed by atoms with Crippen molar-refractivity contribution in [2.45, 2.75) is 18.9 Å². The average molecular weight is 525 g/mol. The smallest absolute Gasteiger partial charge is 0.411 e. The third kappa shape index (κ3) is 5.52. The fourth-order valence-electron chi connectivity index (χ4n) is 4.96. The van der Waals surface area contributed by atoms with E-state index in [1.54, 1.807) is 7.05 Å². The van der Waals surface area contributed by atoms with E-state index in [-0.39, 0.29) is 43.4 Å². The van der Waals surface area contributed by atoms with E-state index < -0.39 is 18.0 Å². The lowest BCUT2D eigenvalue weighted by Gasteiger charge is -2.23. The number of anilines is 1. The van der Waals surface area contributed by atoms with Gasteiger partial charge in [-0.2, -0.15) is 5.10 Å². The SMILES string of the molecule is Cn1ncc(NC(=O)OCC2c3ccccc3-c3ccccc32)c1C(=O)N(CCC(=O)O)Cc1ccccc1. The van der Waals surface area contributed by atoms with Gasteiger partial charge in [0.1, 0.15) is 12.3 Å². The van der Waals surface area contributed by atoms with Gasteiger partial charge < -0.3 is 14.7 Å². The van der Waals surface area contributed by atoms with Gasteiger partial charge in [-0.1, -0.05) is 78.9 Å². The zero-order valence-corrected chi connectivity index (χ0v) is 21.4. The van der Waals surface area contributed by atoms with Gasteiger partial charge in [-0.25, -0.2) is 4.79 Å². The molecule has 0 spiro atoms. The lowest BCUT2D eigenvalue weighted by Crippen LogP contribution is -2.34. The molecular formula is C30H28N4O5. The summed E-state index contributed by atoms with van der Waals surface area (Å²) in [4.78, 5) is 39.1. The molecule has 0 saturated heterocycles. The summed E-state index contributed by atoms with van der Waals surface area (Å²) in [6.45, 7) is 0.337. The molecule has 0 fully saturated rings. The molecule has 4 aromatic rings. The molecule has 0 saturated carbocycles. The average Bonchev–Trinajstić information content (AvgIpc) is 3.47. The Morgan fingerprint density at radius 3 is 2.21 bits per heavy atom. The van der Waals surface area contributed by atoms with Crippen LogP contribution in [0.3, 0.4) is 0 Å². The molecule has 0 bridgehead atoms. The maximum absolute atomic E-state index is 13.6. The van der Waals surface area contributed by atoms with Gasteiger partial charge in [0.15, 0.2) is 0 Å². The fraction of sp³-hybridized carbons (Fsp3) is 0.200. The summed E-state index contributed by atoms with van der Waals surface area (Å²) in [7, 11) is 1.59. The Labute approximate surface area is 225 Å². The molecule has 0 atom stereocenters. The molecule has 0 aliphatic heterocycles. The number of carbonyl (C=O) groups is 3. The van der Waals surface area contributed by atoms with E-state index in [1.165, 1.54) is 15.8 Å². The lowest BCUT2D eigenvalue weighted by atomic mass is 9.98. The molecule has 39 heavy (non-hydrogen) atoms. The first-order valence-corrected chi connectivity index (χ1v) is 12.6. The van der Waals surface area contributed by atoms with E-state index in [0.29, 0.717) is 0 Å². The summed E-state index contributed by atoms with van der Waals surface area (Å²) < 4.78 is 6.99. The van der Waals surface area contributed by atoms with Crippen LogP contribution in [0.25, 0.3) is 11.1 Å². The number of benzene rings is 3. The maximum Gasteiger partial charge on any atom is 0.411 e. The first-order valence-electron chi connectivity index (χ1n) is 12.6. The zero-order chi connectivity index (χ0) is 27.4. The summed E-state index contributed by atoms with van der Waals surface area (Å²) in [6.07, 6.45) is 0.456. The molecule has 1 aliphatic carbocycles. The van der Waals surface area contributed by atoms with Crippen LogP contribution in [0.15, 0.2) is 85.1 Å². The van der Waals surface area contributed by atoms with Crippen molar-refractivity contribution in [2.75, 3.05) is 18.5 Å². The minimum absolute atomic E-state index is 0.00136. The third-order valence-corrected chi connectivity index (χ3v) is 6.82. The van der Waals surface area contributed by atoms with Gasteiger partial charge in [-0.05, 0) is 27.8 Å². The van der Waals surface area contributed by atoms with Crippen molar-refractivity contribution in [1.82, 2.24) is 14.7 Å². The van der Waals surface area contributed by atoms with Crippen LogP contribution >= 0.6 is 0 Å². The van der Waals surface area contributed by atoms with E-state index in [2.05, 4.69) is 22.5 Å². The Balaban J connectivity index is 1.30. The number of ether oxygens (including phenoxy) is 1. The molecule has 9 heteroatoms. The highest BCUT2D eigenvalue weighted by atomic mass is 16.5. The van der Waals surface area contributed by atoms with Gasteiger partial charge in [0.05, 0.1) is 18.3 Å². The second-order valence-electron chi connectivity index (χ2n) is 9.34. The second-order valence-corrected chi connectivity index (χ2v) is 9.34. The number of carboxylic acid groups (broad SMARTS) is 1. The van der Waals surface area contributed by atoms with Crippen molar-refractivity contribution >= 4 is 23.7 Å². The van der Waals surface area contributed by atoms with E-state index in [9.17, 15) is 19.5 Å². The van der Waals surface area contributed by atoms with Crippen LogP contribution in [-0.2, 0) is 23.1 Å². The van der Waals surface area contributed by atoms with Gasteiger partial charge in [-0.3, -0.25) is 19.6 Å². The second kappa shape index (κ2) is 11.2. The number of carboxylic acids is 1. The van der Waals surface area contributed by atoms with Crippen LogP contribution in [0.5, 0.6) is 0 Å². The molecule has 1 aromatic heterocycles. The van der Waals surface area contributed by atoms with Crippen LogP contribution in [0.1, 0.15) is 39.5 Å². The number of carbonyl (C=O) groups excluding carboxylic acids is 2. The van der Waals surface area contributed by atoms with Crippen LogP contribution in [-0.4, -0.2) is 50.9 Å². The number of fused-ring (bicyclic) bond motifs is 3. The van der Waals surface area contributed by atoms with Crippen LogP contribution in [0.2, 0.25) is 0 Å². The predicted molar refractivity (Wildman–Crippen MR) is 145 cm³/mol. The molecule has 2 amide bonds. The van der Waals surface area contributed by atoms with E-state index in [4.69, 9.17) is 4.74 Å². The van der Waals surface area contributed by atoms with Gasteiger partial charge in [-0.15, -0.1) is 0 Å². The molecule has 0 unspecified atom stereocenters.